The Bertz CT molecular complexity index is 1130. The van der Waals surface area contributed by atoms with E-state index in [1.807, 2.05) is 0 Å². The molecule has 2 N–H and O–H groups in total. The number of rotatable bonds is 6. The van der Waals surface area contributed by atoms with Crippen LogP contribution < -0.4 is 5.32 Å². The van der Waals surface area contributed by atoms with Crippen LogP contribution in [0.15, 0.2) is 58.2 Å². The van der Waals surface area contributed by atoms with Crippen LogP contribution in [0, 0.1) is 11.7 Å². The lowest BCUT2D eigenvalue weighted by atomic mass is 9.98. The summed E-state index contributed by atoms with van der Waals surface area (Å²) < 4.78 is 46.5. The molecule has 1 fully saturated rings. The molecule has 0 saturated carbocycles. The van der Waals surface area contributed by atoms with E-state index in [1.54, 1.807) is 36.5 Å². The molecule has 3 aromatic rings. The van der Waals surface area contributed by atoms with Gasteiger partial charge in [0, 0.05) is 31.4 Å². The summed E-state index contributed by atoms with van der Waals surface area (Å²) in [4.78, 5) is 12.6. The topological polar surface area (TPSA) is 108 Å². The Morgan fingerprint density at radius 3 is 2.87 bits per heavy atom. The van der Waals surface area contributed by atoms with Gasteiger partial charge in [-0.2, -0.15) is 9.40 Å². The van der Waals surface area contributed by atoms with Crippen LogP contribution in [0.5, 0.6) is 0 Å². The van der Waals surface area contributed by atoms with E-state index in [-0.39, 0.29) is 24.1 Å². The van der Waals surface area contributed by atoms with Crippen LogP contribution >= 0.6 is 0 Å². The molecule has 0 bridgehead atoms. The lowest BCUT2D eigenvalue weighted by Crippen LogP contribution is -2.45. The first kappa shape index (κ1) is 20.3. The van der Waals surface area contributed by atoms with E-state index in [2.05, 4.69) is 15.5 Å². The number of halogens is 1. The fraction of sp³-hybridized carbons (Fsp3) is 0.300. The van der Waals surface area contributed by atoms with Crippen molar-refractivity contribution in [2.75, 3.05) is 13.1 Å². The zero-order valence-corrected chi connectivity index (χ0v) is 16.9. The fourth-order valence-electron chi connectivity index (χ4n) is 3.47. The molecule has 1 aromatic carbocycles. The molecule has 2 aromatic heterocycles. The third-order valence-corrected chi connectivity index (χ3v) is 6.85. The van der Waals surface area contributed by atoms with E-state index in [0.29, 0.717) is 36.4 Å². The van der Waals surface area contributed by atoms with Crippen molar-refractivity contribution < 1.29 is 22.0 Å². The van der Waals surface area contributed by atoms with Gasteiger partial charge in [-0.05, 0) is 37.1 Å². The number of piperidine rings is 1. The van der Waals surface area contributed by atoms with E-state index in [9.17, 15) is 17.6 Å². The second kappa shape index (κ2) is 8.41. The second-order valence-corrected chi connectivity index (χ2v) is 8.97. The van der Waals surface area contributed by atoms with Gasteiger partial charge in [-0.25, -0.2) is 12.8 Å². The quantitative estimate of drug-likeness (QED) is 0.622. The predicted molar refractivity (Wildman–Crippen MR) is 106 cm³/mol. The highest BCUT2D eigenvalue weighted by Crippen LogP contribution is 2.28. The van der Waals surface area contributed by atoms with Gasteiger partial charge in [0.2, 0.25) is 11.0 Å². The third-order valence-electron chi connectivity index (χ3n) is 5.11. The maximum atomic E-state index is 13.7. The Balaban J connectivity index is 1.42. The van der Waals surface area contributed by atoms with Crippen molar-refractivity contribution in [2.45, 2.75) is 24.5 Å². The van der Waals surface area contributed by atoms with Crippen molar-refractivity contribution in [1.82, 2.24) is 19.8 Å². The zero-order chi connectivity index (χ0) is 21.1. The summed E-state index contributed by atoms with van der Waals surface area (Å²) >= 11 is 0. The van der Waals surface area contributed by atoms with Crippen LogP contribution in [0.1, 0.15) is 18.4 Å². The van der Waals surface area contributed by atoms with Gasteiger partial charge < -0.3 is 9.73 Å². The van der Waals surface area contributed by atoms with E-state index in [1.165, 1.54) is 16.4 Å². The van der Waals surface area contributed by atoms with Gasteiger partial charge in [-0.3, -0.25) is 9.89 Å². The highest BCUT2D eigenvalue weighted by atomic mass is 32.2. The Kier molecular flexibility index (Phi) is 5.69. The molecule has 10 heteroatoms. The molecular formula is C20H21FN4O4S. The van der Waals surface area contributed by atoms with Crippen LogP contribution in [-0.2, 0) is 21.4 Å². The van der Waals surface area contributed by atoms with Gasteiger partial charge in [0.05, 0.1) is 5.92 Å². The summed E-state index contributed by atoms with van der Waals surface area (Å²) in [6.45, 7) is 0.408. The summed E-state index contributed by atoms with van der Waals surface area (Å²) in [5.74, 6) is -0.836. The molecule has 0 aliphatic carbocycles. The molecular weight excluding hydrogens is 411 g/mol. The van der Waals surface area contributed by atoms with Crippen molar-refractivity contribution in [3.05, 3.63) is 60.0 Å². The number of aromatic nitrogens is 2. The van der Waals surface area contributed by atoms with Crippen molar-refractivity contribution >= 4 is 15.9 Å². The summed E-state index contributed by atoms with van der Waals surface area (Å²) in [5, 5.41) is 9.07. The average molecular weight is 432 g/mol. The van der Waals surface area contributed by atoms with Gasteiger partial charge in [0.1, 0.15) is 11.5 Å². The highest BCUT2D eigenvalue weighted by Gasteiger charge is 2.35. The van der Waals surface area contributed by atoms with Crippen LogP contribution in [0.25, 0.3) is 11.5 Å². The zero-order valence-electron chi connectivity index (χ0n) is 16.0. The molecule has 158 valence electrons. The van der Waals surface area contributed by atoms with Crippen molar-refractivity contribution in [1.29, 1.82) is 0 Å². The SMILES string of the molecule is O=C(NCc1ccccc1F)C1CCCN(S(=O)(=O)c2ccc(-c3ccn[nH]3)o2)C1. The summed E-state index contributed by atoms with van der Waals surface area (Å²) in [6.07, 6.45) is 2.65. The molecule has 0 spiro atoms. The average Bonchev–Trinajstić information content (AvgIpc) is 3.45. The van der Waals surface area contributed by atoms with Crippen molar-refractivity contribution in [3.8, 4) is 11.5 Å². The van der Waals surface area contributed by atoms with Gasteiger partial charge in [-0.15, -0.1) is 0 Å². The van der Waals surface area contributed by atoms with Gasteiger partial charge in [0.25, 0.3) is 10.0 Å². The van der Waals surface area contributed by atoms with E-state index in [4.69, 9.17) is 4.42 Å². The number of H-pyrrole nitrogens is 1. The van der Waals surface area contributed by atoms with Crippen molar-refractivity contribution in [3.63, 3.8) is 0 Å². The normalized spacial score (nSPS) is 17.7. The number of sulfonamides is 1. The molecule has 0 radical (unpaired) electrons. The number of nitrogens with zero attached hydrogens (tertiary/aromatic N) is 2. The Morgan fingerprint density at radius 2 is 2.10 bits per heavy atom. The number of hydrogen-bond donors (Lipinski definition) is 2. The summed E-state index contributed by atoms with van der Waals surface area (Å²) in [7, 11) is -3.88. The molecule has 1 amide bonds. The lowest BCUT2D eigenvalue weighted by molar-refractivity contribution is -0.126. The molecule has 3 heterocycles. The number of carbonyl (C=O) groups excluding carboxylic acids is 1. The van der Waals surface area contributed by atoms with Crippen LogP contribution in [0.2, 0.25) is 0 Å². The largest absolute Gasteiger partial charge is 0.442 e. The molecule has 1 aliphatic rings. The Morgan fingerprint density at radius 1 is 1.27 bits per heavy atom. The van der Waals surface area contributed by atoms with Crippen LogP contribution in [-0.4, -0.2) is 41.9 Å². The predicted octanol–water partition coefficient (Wildman–Crippen LogP) is 2.53. The van der Waals surface area contributed by atoms with Crippen LogP contribution in [0.3, 0.4) is 0 Å². The Hall–Kier alpha value is -2.98. The number of furan rings is 1. The molecule has 1 saturated heterocycles. The minimum absolute atomic E-state index is 0.0472. The molecule has 4 rings (SSSR count). The Labute approximate surface area is 173 Å². The molecule has 1 unspecified atom stereocenters. The molecule has 8 nitrogen and oxygen atoms in total. The lowest BCUT2D eigenvalue weighted by Gasteiger charge is -2.30. The number of nitrogens with one attached hydrogen (secondary N) is 2. The first-order valence-electron chi connectivity index (χ1n) is 9.56. The van der Waals surface area contributed by atoms with Gasteiger partial charge in [0.15, 0.2) is 5.76 Å². The highest BCUT2D eigenvalue weighted by molar-refractivity contribution is 7.89. The van der Waals surface area contributed by atoms with E-state index < -0.39 is 21.8 Å². The summed E-state index contributed by atoms with van der Waals surface area (Å²) in [6, 6.07) is 10.8. The van der Waals surface area contributed by atoms with E-state index >= 15 is 0 Å². The molecule has 1 atom stereocenters. The maximum absolute atomic E-state index is 13.7. The number of carbonyl (C=O) groups is 1. The molecule has 30 heavy (non-hydrogen) atoms. The minimum atomic E-state index is -3.88. The monoisotopic (exact) mass is 432 g/mol. The van der Waals surface area contributed by atoms with Crippen molar-refractivity contribution in [2.24, 2.45) is 5.92 Å². The van der Waals surface area contributed by atoms with E-state index in [0.717, 1.165) is 0 Å². The fourth-order valence-corrected chi connectivity index (χ4v) is 4.90. The number of amides is 1. The first-order chi connectivity index (χ1) is 14.4. The van der Waals surface area contributed by atoms with Gasteiger partial charge >= 0.3 is 0 Å². The van der Waals surface area contributed by atoms with Crippen LogP contribution in [0.4, 0.5) is 4.39 Å². The standard InChI is InChI=1S/C20H21FN4O4S/c21-16-6-2-1-4-14(16)12-22-20(26)15-5-3-11-25(13-15)30(27,28)19-8-7-18(29-19)17-9-10-23-24-17/h1-2,4,6-10,15H,3,5,11-13H2,(H,22,26)(H,23,24). The maximum Gasteiger partial charge on any atom is 0.276 e. The molecule has 1 aliphatic heterocycles. The number of aromatic amines is 1. The smallest absolute Gasteiger partial charge is 0.276 e. The number of benzene rings is 1. The first-order valence-corrected chi connectivity index (χ1v) is 11.0. The second-order valence-electron chi connectivity index (χ2n) is 7.10. The summed E-state index contributed by atoms with van der Waals surface area (Å²) in [5.41, 5.74) is 0.952. The minimum Gasteiger partial charge on any atom is -0.442 e. The van der Waals surface area contributed by atoms with Gasteiger partial charge in [-0.1, -0.05) is 18.2 Å². The third kappa shape index (κ3) is 4.14. The number of hydrogen-bond acceptors (Lipinski definition) is 5.